The summed E-state index contributed by atoms with van der Waals surface area (Å²) in [5, 5.41) is 6.50. The van der Waals surface area contributed by atoms with Crippen molar-refractivity contribution in [1.29, 1.82) is 0 Å². The van der Waals surface area contributed by atoms with Gasteiger partial charge in [-0.1, -0.05) is 6.92 Å². The molecule has 0 aliphatic carbocycles. The minimum Gasteiger partial charge on any atom is -0.352 e. The van der Waals surface area contributed by atoms with E-state index in [0.29, 0.717) is 18.3 Å². The highest BCUT2D eigenvalue weighted by atomic mass is 16.1. The van der Waals surface area contributed by atoms with Crippen LogP contribution >= 0.6 is 0 Å². The maximum absolute atomic E-state index is 12.1. The third kappa shape index (κ3) is 4.63. The van der Waals surface area contributed by atoms with E-state index in [4.69, 9.17) is 0 Å². The zero-order valence-electron chi connectivity index (χ0n) is 12.5. The van der Waals surface area contributed by atoms with Crippen molar-refractivity contribution in [2.24, 2.45) is 11.8 Å². The van der Waals surface area contributed by atoms with E-state index in [1.807, 2.05) is 17.7 Å². The molecule has 1 aliphatic rings. The molecule has 1 aromatic rings. The first-order valence-electron chi connectivity index (χ1n) is 7.61. The van der Waals surface area contributed by atoms with E-state index in [1.165, 1.54) is 12.8 Å². The second-order valence-corrected chi connectivity index (χ2v) is 6.02. The van der Waals surface area contributed by atoms with Gasteiger partial charge in [0.1, 0.15) is 0 Å². The quantitative estimate of drug-likeness (QED) is 0.827. The van der Waals surface area contributed by atoms with Gasteiger partial charge in [-0.3, -0.25) is 4.79 Å². The molecule has 5 heteroatoms. The third-order valence-corrected chi connectivity index (χ3v) is 4.10. The van der Waals surface area contributed by atoms with Crippen LogP contribution in [-0.4, -0.2) is 34.6 Å². The summed E-state index contributed by atoms with van der Waals surface area (Å²) in [6, 6.07) is 0.133. The minimum absolute atomic E-state index is 0.133. The number of amides is 1. The Morgan fingerprint density at radius 3 is 3.05 bits per heavy atom. The molecule has 5 nitrogen and oxygen atoms in total. The van der Waals surface area contributed by atoms with E-state index < -0.39 is 0 Å². The smallest absolute Gasteiger partial charge is 0.220 e. The zero-order chi connectivity index (χ0) is 14.4. The normalized spacial score (nSPS) is 22.2. The lowest BCUT2D eigenvalue weighted by Crippen LogP contribution is -2.39. The summed E-state index contributed by atoms with van der Waals surface area (Å²) < 4.78 is 1.99. The molecule has 2 rings (SSSR count). The van der Waals surface area contributed by atoms with Crippen LogP contribution in [0.3, 0.4) is 0 Å². The number of imidazole rings is 1. The lowest BCUT2D eigenvalue weighted by Gasteiger charge is -2.28. The lowest BCUT2D eigenvalue weighted by molar-refractivity contribution is -0.123. The fraction of sp³-hybridized carbons (Fsp3) is 0.733. The second-order valence-electron chi connectivity index (χ2n) is 6.02. The molecule has 0 aromatic carbocycles. The van der Waals surface area contributed by atoms with Gasteiger partial charge in [0.15, 0.2) is 0 Å². The largest absolute Gasteiger partial charge is 0.352 e. The van der Waals surface area contributed by atoms with Gasteiger partial charge in [0, 0.05) is 31.4 Å². The van der Waals surface area contributed by atoms with Crippen LogP contribution in [0.5, 0.6) is 0 Å². The van der Waals surface area contributed by atoms with Gasteiger partial charge in [0.25, 0.3) is 0 Å². The Labute approximate surface area is 121 Å². The van der Waals surface area contributed by atoms with Crippen LogP contribution in [0.25, 0.3) is 0 Å². The molecule has 112 valence electrons. The summed E-state index contributed by atoms with van der Waals surface area (Å²) >= 11 is 0. The fourth-order valence-corrected chi connectivity index (χ4v) is 2.91. The second kappa shape index (κ2) is 7.43. The van der Waals surface area contributed by atoms with Gasteiger partial charge < -0.3 is 15.2 Å². The number of hydrogen-bond acceptors (Lipinski definition) is 3. The molecule has 1 aromatic heterocycles. The molecule has 1 aliphatic heterocycles. The van der Waals surface area contributed by atoms with Gasteiger partial charge in [-0.15, -0.1) is 0 Å². The van der Waals surface area contributed by atoms with E-state index >= 15 is 0 Å². The molecule has 1 amide bonds. The molecule has 0 bridgehead atoms. The van der Waals surface area contributed by atoms with Crippen LogP contribution in [0.2, 0.25) is 0 Å². The first-order chi connectivity index (χ1) is 9.65. The van der Waals surface area contributed by atoms with Gasteiger partial charge in [-0.2, -0.15) is 0 Å². The van der Waals surface area contributed by atoms with Crippen LogP contribution in [0.15, 0.2) is 18.7 Å². The average molecular weight is 278 g/mol. The number of carbonyl (C=O) groups excluding carboxylic acids is 1. The van der Waals surface area contributed by atoms with Gasteiger partial charge in [0.05, 0.1) is 6.33 Å². The molecule has 0 spiro atoms. The molecule has 1 saturated heterocycles. The van der Waals surface area contributed by atoms with Gasteiger partial charge in [0.2, 0.25) is 5.91 Å². The van der Waals surface area contributed by atoms with E-state index in [-0.39, 0.29) is 11.9 Å². The Morgan fingerprint density at radius 1 is 1.55 bits per heavy atom. The van der Waals surface area contributed by atoms with E-state index in [2.05, 4.69) is 22.5 Å². The number of carbonyl (C=O) groups is 1. The number of hydrogen-bond donors (Lipinski definition) is 2. The van der Waals surface area contributed by atoms with Crippen LogP contribution in [0.1, 0.15) is 33.1 Å². The molecule has 0 saturated carbocycles. The summed E-state index contributed by atoms with van der Waals surface area (Å²) in [4.78, 5) is 16.1. The van der Waals surface area contributed by atoms with Crippen molar-refractivity contribution in [1.82, 2.24) is 20.2 Å². The highest BCUT2D eigenvalue weighted by Gasteiger charge is 2.22. The first-order valence-corrected chi connectivity index (χ1v) is 7.61. The molecule has 0 radical (unpaired) electrons. The van der Waals surface area contributed by atoms with Crippen molar-refractivity contribution < 1.29 is 4.79 Å². The van der Waals surface area contributed by atoms with Crippen molar-refractivity contribution in [3.05, 3.63) is 18.7 Å². The topological polar surface area (TPSA) is 59.0 Å². The third-order valence-electron chi connectivity index (χ3n) is 4.10. The summed E-state index contributed by atoms with van der Waals surface area (Å²) in [7, 11) is 0. The van der Waals surface area contributed by atoms with Crippen LogP contribution < -0.4 is 10.6 Å². The average Bonchev–Trinajstić information content (AvgIpc) is 2.92. The van der Waals surface area contributed by atoms with Crippen molar-refractivity contribution in [2.45, 2.75) is 45.7 Å². The number of aromatic nitrogens is 2. The first kappa shape index (κ1) is 15.0. The maximum Gasteiger partial charge on any atom is 0.220 e. The molecule has 3 atom stereocenters. The van der Waals surface area contributed by atoms with Gasteiger partial charge >= 0.3 is 0 Å². The summed E-state index contributed by atoms with van der Waals surface area (Å²) in [6.45, 7) is 7.17. The molecule has 2 heterocycles. The Bertz CT molecular complexity index is 398. The molecule has 20 heavy (non-hydrogen) atoms. The Hall–Kier alpha value is -1.36. The Balaban J connectivity index is 1.71. The zero-order valence-corrected chi connectivity index (χ0v) is 12.5. The molecule has 2 N–H and O–H groups in total. The summed E-state index contributed by atoms with van der Waals surface area (Å²) in [5.74, 6) is 1.25. The highest BCUT2D eigenvalue weighted by Crippen LogP contribution is 2.22. The summed E-state index contributed by atoms with van der Waals surface area (Å²) in [6.07, 6.45) is 8.55. The fourth-order valence-electron chi connectivity index (χ4n) is 2.91. The van der Waals surface area contributed by atoms with E-state index in [0.717, 1.165) is 19.6 Å². The predicted molar refractivity (Wildman–Crippen MR) is 79.2 cm³/mol. The highest BCUT2D eigenvalue weighted by molar-refractivity contribution is 5.76. The van der Waals surface area contributed by atoms with Crippen molar-refractivity contribution >= 4 is 5.91 Å². The predicted octanol–water partition coefficient (Wildman–Crippen LogP) is 1.41. The van der Waals surface area contributed by atoms with Crippen LogP contribution in [0, 0.1) is 11.8 Å². The standard InChI is InChI=1S/C15H26N4O/c1-12(14-4-3-5-16-9-14)8-15(20)18-13(2)10-19-7-6-17-11-19/h6-7,11-14,16H,3-5,8-10H2,1-2H3,(H,18,20). The lowest BCUT2D eigenvalue weighted by atomic mass is 9.85. The van der Waals surface area contributed by atoms with Gasteiger partial charge in [-0.05, 0) is 44.7 Å². The molecular weight excluding hydrogens is 252 g/mol. The Morgan fingerprint density at radius 2 is 2.40 bits per heavy atom. The van der Waals surface area contributed by atoms with E-state index in [9.17, 15) is 4.79 Å². The number of rotatable bonds is 6. The monoisotopic (exact) mass is 278 g/mol. The number of nitrogens with one attached hydrogen (secondary N) is 2. The van der Waals surface area contributed by atoms with Crippen molar-refractivity contribution in [3.8, 4) is 0 Å². The molecule has 1 fully saturated rings. The van der Waals surface area contributed by atoms with Crippen LogP contribution in [0.4, 0.5) is 0 Å². The number of nitrogens with zero attached hydrogens (tertiary/aromatic N) is 2. The number of piperidine rings is 1. The van der Waals surface area contributed by atoms with Crippen molar-refractivity contribution in [2.75, 3.05) is 13.1 Å². The molecular formula is C15H26N4O. The van der Waals surface area contributed by atoms with E-state index in [1.54, 1.807) is 12.5 Å². The van der Waals surface area contributed by atoms with Gasteiger partial charge in [-0.25, -0.2) is 4.98 Å². The van der Waals surface area contributed by atoms with Crippen LogP contribution in [-0.2, 0) is 11.3 Å². The maximum atomic E-state index is 12.1. The Kier molecular flexibility index (Phi) is 5.59. The minimum atomic E-state index is 0.133. The molecule has 3 unspecified atom stereocenters. The van der Waals surface area contributed by atoms with Crippen molar-refractivity contribution in [3.63, 3.8) is 0 Å². The SMILES string of the molecule is CC(Cn1ccnc1)NC(=O)CC(C)C1CCCNC1. The summed E-state index contributed by atoms with van der Waals surface area (Å²) in [5.41, 5.74) is 0.